The van der Waals surface area contributed by atoms with Crippen LogP contribution in [0.25, 0.3) is 0 Å². The lowest BCUT2D eigenvalue weighted by Crippen LogP contribution is -2.17. The van der Waals surface area contributed by atoms with Crippen molar-refractivity contribution in [2.24, 2.45) is 5.92 Å². The van der Waals surface area contributed by atoms with E-state index in [4.69, 9.17) is 16.3 Å². The van der Waals surface area contributed by atoms with E-state index in [1.165, 1.54) is 0 Å². The summed E-state index contributed by atoms with van der Waals surface area (Å²) in [6.07, 6.45) is 0.767. The maximum Gasteiger partial charge on any atom is 0.314 e. The molecule has 1 aromatic carbocycles. The van der Waals surface area contributed by atoms with Gasteiger partial charge < -0.3 is 4.74 Å². The van der Waals surface area contributed by atoms with E-state index in [1.54, 1.807) is 24.3 Å². The zero-order chi connectivity index (χ0) is 10.6. The van der Waals surface area contributed by atoms with Gasteiger partial charge in [-0.1, -0.05) is 37.6 Å². The Morgan fingerprint density at radius 1 is 1.50 bits per heavy atom. The van der Waals surface area contributed by atoms with E-state index in [-0.39, 0.29) is 11.9 Å². The predicted octanol–water partition coefficient (Wildman–Crippen LogP) is 3.29. The summed E-state index contributed by atoms with van der Waals surface area (Å²) in [5, 5.41) is 0.462. The highest BCUT2D eigenvalue weighted by Crippen LogP contribution is 2.24. The van der Waals surface area contributed by atoms with Crippen LogP contribution in [0, 0.1) is 5.92 Å². The normalized spacial score (nSPS) is 12.2. The van der Waals surface area contributed by atoms with Crippen LogP contribution in [-0.2, 0) is 4.79 Å². The molecule has 0 spiro atoms. The number of esters is 1. The molecule has 76 valence electrons. The molecule has 0 radical (unpaired) electrons. The summed E-state index contributed by atoms with van der Waals surface area (Å²) >= 11 is 5.84. The third-order valence-electron chi connectivity index (χ3n) is 2.06. The number of carbonyl (C=O) groups excluding carboxylic acids is 1. The van der Waals surface area contributed by atoms with Crippen molar-refractivity contribution in [3.8, 4) is 5.75 Å². The van der Waals surface area contributed by atoms with Crippen molar-refractivity contribution >= 4 is 17.6 Å². The second-order valence-corrected chi connectivity index (χ2v) is 3.57. The predicted molar refractivity (Wildman–Crippen MR) is 56.5 cm³/mol. The highest BCUT2D eigenvalue weighted by Gasteiger charge is 2.14. The van der Waals surface area contributed by atoms with Gasteiger partial charge in [-0.2, -0.15) is 0 Å². The standard InChI is InChI=1S/C11H13ClO2/c1-3-8(2)11(13)14-10-7-5-4-6-9(10)12/h4-8H,3H2,1-2H3. The molecular weight excluding hydrogens is 200 g/mol. The van der Waals surface area contributed by atoms with Crippen LogP contribution in [0.4, 0.5) is 0 Å². The van der Waals surface area contributed by atoms with Crippen LogP contribution in [0.1, 0.15) is 20.3 Å². The molecule has 0 amide bonds. The minimum atomic E-state index is -0.236. The van der Waals surface area contributed by atoms with Crippen LogP contribution in [0.2, 0.25) is 5.02 Å². The molecule has 1 rings (SSSR count). The lowest BCUT2D eigenvalue weighted by Gasteiger charge is -2.09. The fourth-order valence-corrected chi connectivity index (χ4v) is 1.08. The first kappa shape index (κ1) is 11.1. The molecule has 0 saturated heterocycles. The van der Waals surface area contributed by atoms with Crippen LogP contribution in [0.3, 0.4) is 0 Å². The molecule has 0 heterocycles. The van der Waals surface area contributed by atoms with Crippen molar-refractivity contribution in [2.45, 2.75) is 20.3 Å². The van der Waals surface area contributed by atoms with Gasteiger partial charge in [-0.3, -0.25) is 4.79 Å². The van der Waals surface area contributed by atoms with Gasteiger partial charge in [-0.15, -0.1) is 0 Å². The van der Waals surface area contributed by atoms with Gasteiger partial charge in [-0.25, -0.2) is 0 Å². The van der Waals surface area contributed by atoms with E-state index in [0.29, 0.717) is 10.8 Å². The smallest absolute Gasteiger partial charge is 0.314 e. The van der Waals surface area contributed by atoms with Gasteiger partial charge in [-0.05, 0) is 18.6 Å². The molecule has 1 atom stereocenters. The molecule has 0 bridgehead atoms. The van der Waals surface area contributed by atoms with Crippen molar-refractivity contribution in [3.05, 3.63) is 29.3 Å². The molecule has 3 heteroatoms. The molecule has 0 aliphatic rings. The average molecular weight is 213 g/mol. The number of carbonyl (C=O) groups is 1. The number of benzene rings is 1. The number of halogens is 1. The number of para-hydroxylation sites is 1. The highest BCUT2D eigenvalue weighted by molar-refractivity contribution is 6.32. The zero-order valence-electron chi connectivity index (χ0n) is 8.29. The topological polar surface area (TPSA) is 26.3 Å². The fourth-order valence-electron chi connectivity index (χ4n) is 0.903. The SMILES string of the molecule is CCC(C)C(=O)Oc1ccccc1Cl. The van der Waals surface area contributed by atoms with Gasteiger partial charge in [0, 0.05) is 0 Å². The Labute approximate surface area is 88.8 Å². The third kappa shape index (κ3) is 2.74. The number of hydrogen-bond donors (Lipinski definition) is 0. The Kier molecular flexibility index (Phi) is 3.96. The largest absolute Gasteiger partial charge is 0.425 e. The highest BCUT2D eigenvalue weighted by atomic mass is 35.5. The molecule has 1 unspecified atom stereocenters. The van der Waals surface area contributed by atoms with Gasteiger partial charge >= 0.3 is 5.97 Å². The fraction of sp³-hybridized carbons (Fsp3) is 0.364. The monoisotopic (exact) mass is 212 g/mol. The van der Waals surface area contributed by atoms with Crippen molar-refractivity contribution in [1.82, 2.24) is 0 Å². The zero-order valence-corrected chi connectivity index (χ0v) is 9.04. The minimum Gasteiger partial charge on any atom is -0.425 e. The second-order valence-electron chi connectivity index (χ2n) is 3.16. The van der Waals surface area contributed by atoms with Crippen molar-refractivity contribution < 1.29 is 9.53 Å². The lowest BCUT2D eigenvalue weighted by molar-refractivity contribution is -0.138. The van der Waals surface area contributed by atoms with E-state index in [0.717, 1.165) is 6.42 Å². The van der Waals surface area contributed by atoms with Gasteiger partial charge in [0.15, 0.2) is 0 Å². The Bertz CT molecular complexity index is 323. The van der Waals surface area contributed by atoms with Gasteiger partial charge in [0.25, 0.3) is 0 Å². The molecule has 1 aromatic rings. The summed E-state index contributed by atoms with van der Waals surface area (Å²) in [5.41, 5.74) is 0. The molecule has 0 aliphatic heterocycles. The van der Waals surface area contributed by atoms with Crippen LogP contribution < -0.4 is 4.74 Å². The number of hydrogen-bond acceptors (Lipinski definition) is 2. The first-order valence-electron chi connectivity index (χ1n) is 4.61. The summed E-state index contributed by atoms with van der Waals surface area (Å²) < 4.78 is 5.13. The van der Waals surface area contributed by atoms with Crippen LogP contribution in [-0.4, -0.2) is 5.97 Å². The third-order valence-corrected chi connectivity index (χ3v) is 2.37. The summed E-state index contributed by atoms with van der Waals surface area (Å²) in [7, 11) is 0. The first-order valence-corrected chi connectivity index (χ1v) is 4.99. The van der Waals surface area contributed by atoms with E-state index in [9.17, 15) is 4.79 Å². The molecule has 0 saturated carbocycles. The molecule has 0 aliphatic carbocycles. The second kappa shape index (κ2) is 5.01. The van der Waals surface area contributed by atoms with Crippen LogP contribution in [0.5, 0.6) is 5.75 Å². The Morgan fingerprint density at radius 2 is 2.14 bits per heavy atom. The quantitative estimate of drug-likeness (QED) is 0.568. The molecular formula is C11H13ClO2. The molecule has 0 N–H and O–H groups in total. The van der Waals surface area contributed by atoms with Crippen LogP contribution >= 0.6 is 11.6 Å². The molecule has 0 fully saturated rings. The van der Waals surface area contributed by atoms with Crippen molar-refractivity contribution in [3.63, 3.8) is 0 Å². The molecule has 0 aromatic heterocycles. The van der Waals surface area contributed by atoms with Gasteiger partial charge in [0.05, 0.1) is 10.9 Å². The summed E-state index contributed by atoms with van der Waals surface area (Å²) in [5.74, 6) is 0.103. The summed E-state index contributed by atoms with van der Waals surface area (Å²) in [6.45, 7) is 3.78. The first-order chi connectivity index (χ1) is 6.65. The van der Waals surface area contributed by atoms with E-state index in [2.05, 4.69) is 0 Å². The Balaban J connectivity index is 2.70. The Morgan fingerprint density at radius 3 is 2.71 bits per heavy atom. The van der Waals surface area contributed by atoms with Crippen LogP contribution in [0.15, 0.2) is 24.3 Å². The van der Waals surface area contributed by atoms with E-state index >= 15 is 0 Å². The maximum absolute atomic E-state index is 11.4. The number of ether oxygens (including phenoxy) is 1. The Hall–Kier alpha value is -1.02. The summed E-state index contributed by atoms with van der Waals surface area (Å²) in [4.78, 5) is 11.4. The maximum atomic E-state index is 11.4. The lowest BCUT2D eigenvalue weighted by atomic mass is 10.1. The van der Waals surface area contributed by atoms with Crippen molar-refractivity contribution in [1.29, 1.82) is 0 Å². The van der Waals surface area contributed by atoms with Gasteiger partial charge in [0.1, 0.15) is 5.75 Å². The van der Waals surface area contributed by atoms with E-state index < -0.39 is 0 Å². The minimum absolute atomic E-state index is 0.0914. The molecule has 14 heavy (non-hydrogen) atoms. The number of rotatable bonds is 3. The average Bonchev–Trinajstić information content (AvgIpc) is 2.20. The molecule has 2 nitrogen and oxygen atoms in total. The summed E-state index contributed by atoms with van der Waals surface area (Å²) in [6, 6.07) is 6.96. The van der Waals surface area contributed by atoms with Crippen molar-refractivity contribution in [2.75, 3.05) is 0 Å². The van der Waals surface area contributed by atoms with E-state index in [1.807, 2.05) is 13.8 Å². The van der Waals surface area contributed by atoms with Gasteiger partial charge in [0.2, 0.25) is 0 Å².